The van der Waals surface area contributed by atoms with Crippen LogP contribution in [-0.4, -0.2) is 22.9 Å². The minimum atomic E-state index is -0.351. The molecule has 0 bridgehead atoms. The molecule has 2 aromatic carbocycles. The van der Waals surface area contributed by atoms with Crippen molar-refractivity contribution in [3.63, 3.8) is 0 Å². The van der Waals surface area contributed by atoms with Crippen LogP contribution in [0, 0.1) is 18.3 Å². The zero-order chi connectivity index (χ0) is 22.8. The van der Waals surface area contributed by atoms with Crippen molar-refractivity contribution in [3.05, 3.63) is 95.6 Å². The molecule has 0 saturated heterocycles. The summed E-state index contributed by atoms with van der Waals surface area (Å²) in [5.74, 6) is -0.550. The lowest BCUT2D eigenvalue weighted by atomic mass is 10.1. The Bertz CT molecular complexity index is 1160. The van der Waals surface area contributed by atoms with Gasteiger partial charge in [-0.1, -0.05) is 54.1 Å². The van der Waals surface area contributed by atoms with Gasteiger partial charge < -0.3 is 9.47 Å². The maximum atomic E-state index is 12.8. The van der Waals surface area contributed by atoms with E-state index in [-0.39, 0.29) is 31.1 Å². The first-order valence-corrected chi connectivity index (χ1v) is 10.6. The predicted octanol–water partition coefficient (Wildman–Crippen LogP) is 4.00. The van der Waals surface area contributed by atoms with Crippen molar-refractivity contribution in [2.75, 3.05) is 11.4 Å². The fourth-order valence-electron chi connectivity index (χ4n) is 3.29. The Balaban J connectivity index is 1.69. The van der Waals surface area contributed by atoms with Crippen molar-refractivity contribution in [1.29, 1.82) is 5.26 Å². The summed E-state index contributed by atoms with van der Waals surface area (Å²) in [7, 11) is 0. The maximum Gasteiger partial charge on any atom is 0.248 e. The normalized spacial score (nSPS) is 11.1. The fraction of sp³-hybridized carbons (Fsp3) is 0.231. The van der Waals surface area contributed by atoms with Crippen molar-refractivity contribution >= 4 is 17.5 Å². The molecule has 162 valence electrons. The third-order valence-electron chi connectivity index (χ3n) is 5.00. The zero-order valence-corrected chi connectivity index (χ0v) is 18.1. The van der Waals surface area contributed by atoms with Gasteiger partial charge in [-0.3, -0.25) is 9.59 Å². The summed E-state index contributed by atoms with van der Waals surface area (Å²) in [5, 5.41) is 8.91. The number of hydrogen-bond acceptors (Lipinski definition) is 3. The molecule has 0 saturated carbocycles. The number of amides is 2. The molecule has 0 aliphatic heterocycles. The van der Waals surface area contributed by atoms with E-state index in [0.717, 1.165) is 11.3 Å². The number of nitriles is 1. The van der Waals surface area contributed by atoms with Gasteiger partial charge in [0.25, 0.3) is 0 Å². The lowest BCUT2D eigenvalue weighted by molar-refractivity contribution is -0.123. The molecule has 3 aromatic rings. The van der Waals surface area contributed by atoms with Crippen molar-refractivity contribution < 1.29 is 9.59 Å². The average Bonchev–Trinajstić information content (AvgIpc) is 2.81. The Hall–Kier alpha value is -3.98. The van der Waals surface area contributed by atoms with Gasteiger partial charge in [0.1, 0.15) is 5.49 Å². The number of para-hydroxylation sites is 1. The van der Waals surface area contributed by atoms with Gasteiger partial charge in [0, 0.05) is 37.8 Å². The Morgan fingerprint density at radius 1 is 0.969 bits per heavy atom. The van der Waals surface area contributed by atoms with E-state index in [2.05, 4.69) is 35.3 Å². The van der Waals surface area contributed by atoms with Gasteiger partial charge in [0.2, 0.25) is 11.8 Å². The Morgan fingerprint density at radius 3 is 2.41 bits per heavy atom. The number of rotatable bonds is 8. The second kappa shape index (κ2) is 11.4. The van der Waals surface area contributed by atoms with Crippen LogP contribution in [0.25, 0.3) is 0 Å². The van der Waals surface area contributed by atoms with Crippen LogP contribution in [0.1, 0.15) is 30.4 Å². The van der Waals surface area contributed by atoms with Crippen LogP contribution in [0.3, 0.4) is 0 Å². The topological polar surface area (TPSA) is 78.5 Å². The lowest BCUT2D eigenvalue weighted by Gasteiger charge is -2.21. The first-order valence-electron chi connectivity index (χ1n) is 10.6. The number of benzene rings is 2. The van der Waals surface area contributed by atoms with E-state index in [0.29, 0.717) is 18.6 Å². The molecule has 0 N–H and O–H groups in total. The van der Waals surface area contributed by atoms with Gasteiger partial charge in [-0.15, -0.1) is 0 Å². The number of aryl methyl sites for hydroxylation is 1. The molecule has 1 heterocycles. The molecular formula is C26H26N4O2. The van der Waals surface area contributed by atoms with E-state index < -0.39 is 0 Å². The van der Waals surface area contributed by atoms with E-state index in [1.165, 1.54) is 5.56 Å². The third kappa shape index (κ3) is 6.51. The lowest BCUT2D eigenvalue weighted by Crippen LogP contribution is -2.32. The smallest absolute Gasteiger partial charge is 0.248 e. The van der Waals surface area contributed by atoms with Crippen molar-refractivity contribution in [2.24, 2.45) is 4.99 Å². The molecule has 6 heteroatoms. The number of hydrogen-bond donors (Lipinski definition) is 0. The summed E-state index contributed by atoms with van der Waals surface area (Å²) in [5.41, 5.74) is 3.57. The van der Waals surface area contributed by atoms with Crippen LogP contribution in [0.4, 0.5) is 5.69 Å². The molecule has 0 radical (unpaired) electrons. The van der Waals surface area contributed by atoms with E-state index >= 15 is 0 Å². The number of nitrogens with zero attached hydrogens (tertiary/aromatic N) is 4. The summed E-state index contributed by atoms with van der Waals surface area (Å²) in [6.45, 7) is 2.93. The van der Waals surface area contributed by atoms with Gasteiger partial charge in [0.05, 0.1) is 12.5 Å². The zero-order valence-electron chi connectivity index (χ0n) is 18.1. The van der Waals surface area contributed by atoms with E-state index in [1.807, 2.05) is 60.2 Å². The summed E-state index contributed by atoms with van der Waals surface area (Å²) in [6.07, 6.45) is 2.15. The van der Waals surface area contributed by atoms with Crippen LogP contribution in [0.2, 0.25) is 0 Å². The van der Waals surface area contributed by atoms with Gasteiger partial charge in [-0.2, -0.15) is 10.3 Å². The van der Waals surface area contributed by atoms with E-state index in [4.69, 9.17) is 5.26 Å². The molecule has 2 amide bonds. The van der Waals surface area contributed by atoms with Crippen molar-refractivity contribution in [2.45, 2.75) is 32.7 Å². The van der Waals surface area contributed by atoms with Crippen molar-refractivity contribution in [1.82, 2.24) is 4.57 Å². The van der Waals surface area contributed by atoms with Crippen LogP contribution in [-0.2, 0) is 16.1 Å². The average molecular weight is 427 g/mol. The second-order valence-corrected chi connectivity index (χ2v) is 7.47. The van der Waals surface area contributed by atoms with Gasteiger partial charge in [-0.05, 0) is 36.8 Å². The highest BCUT2D eigenvalue weighted by atomic mass is 16.2. The third-order valence-corrected chi connectivity index (χ3v) is 5.00. The highest BCUT2D eigenvalue weighted by Gasteiger charge is 2.16. The largest absolute Gasteiger partial charge is 0.329 e. The fourth-order valence-corrected chi connectivity index (χ4v) is 3.29. The minimum Gasteiger partial charge on any atom is -0.329 e. The molecule has 0 aliphatic carbocycles. The molecular weight excluding hydrogens is 400 g/mol. The summed E-state index contributed by atoms with van der Waals surface area (Å²) >= 11 is 0. The van der Waals surface area contributed by atoms with Gasteiger partial charge in [-0.25, -0.2) is 0 Å². The Morgan fingerprint density at radius 2 is 1.69 bits per heavy atom. The second-order valence-electron chi connectivity index (χ2n) is 7.47. The quantitative estimate of drug-likeness (QED) is 0.546. The highest BCUT2D eigenvalue weighted by molar-refractivity contribution is 5.95. The molecule has 0 fully saturated rings. The van der Waals surface area contributed by atoms with Crippen molar-refractivity contribution in [3.8, 4) is 6.07 Å². The van der Waals surface area contributed by atoms with Gasteiger partial charge >= 0.3 is 0 Å². The van der Waals surface area contributed by atoms with Crippen LogP contribution in [0.15, 0.2) is 84.0 Å². The molecule has 0 atom stereocenters. The molecule has 32 heavy (non-hydrogen) atoms. The first-order chi connectivity index (χ1) is 15.6. The SMILES string of the molecule is Cc1ccc(Cn2ccccc2=NC(=O)CCC(=O)N(CCC#N)c2ccccc2)cc1. The van der Waals surface area contributed by atoms with Crippen LogP contribution in [0.5, 0.6) is 0 Å². The number of pyridine rings is 1. The molecule has 0 spiro atoms. The molecule has 3 rings (SSSR count). The number of anilines is 1. The van der Waals surface area contributed by atoms with Crippen LogP contribution >= 0.6 is 0 Å². The number of carbonyl (C=O) groups excluding carboxylic acids is 2. The number of carbonyl (C=O) groups is 2. The molecule has 0 aliphatic rings. The Kier molecular flexibility index (Phi) is 8.10. The molecule has 0 unspecified atom stereocenters. The summed E-state index contributed by atoms with van der Waals surface area (Å²) in [4.78, 5) is 31.1. The highest BCUT2D eigenvalue weighted by Crippen LogP contribution is 2.15. The predicted molar refractivity (Wildman–Crippen MR) is 124 cm³/mol. The number of aromatic nitrogens is 1. The monoisotopic (exact) mass is 426 g/mol. The Labute approximate surface area is 188 Å². The molecule has 6 nitrogen and oxygen atoms in total. The maximum absolute atomic E-state index is 12.8. The van der Waals surface area contributed by atoms with Gasteiger partial charge in [0.15, 0.2) is 0 Å². The van der Waals surface area contributed by atoms with E-state index in [1.54, 1.807) is 11.0 Å². The minimum absolute atomic E-state index is 0.00808. The summed E-state index contributed by atoms with van der Waals surface area (Å²) < 4.78 is 1.91. The van der Waals surface area contributed by atoms with E-state index in [9.17, 15) is 9.59 Å². The standard InChI is InChI=1S/C26H26N4O2/c1-21-11-13-22(14-12-21)20-29-18-6-5-10-24(29)28-25(31)15-16-26(32)30(19-7-17-27)23-8-3-2-4-9-23/h2-6,8-14,18H,7,15-16,19-20H2,1H3. The molecule has 1 aromatic heterocycles. The van der Waals surface area contributed by atoms with Crippen LogP contribution < -0.4 is 10.4 Å². The first kappa shape index (κ1) is 22.7. The summed E-state index contributed by atoms with van der Waals surface area (Å²) in [6, 6.07) is 25.0.